The highest BCUT2D eigenvalue weighted by atomic mass is 32.1. The topological polar surface area (TPSA) is 25.8 Å². The van der Waals surface area contributed by atoms with E-state index in [1.54, 1.807) is 22.7 Å². The molecule has 0 atom stereocenters. The van der Waals surface area contributed by atoms with Gasteiger partial charge in [0, 0.05) is 33.8 Å². The van der Waals surface area contributed by atoms with E-state index in [-0.39, 0.29) is 0 Å². The van der Waals surface area contributed by atoms with Gasteiger partial charge in [-0.3, -0.25) is 0 Å². The van der Waals surface area contributed by atoms with Crippen molar-refractivity contribution in [3.05, 3.63) is 70.8 Å². The van der Waals surface area contributed by atoms with Gasteiger partial charge < -0.3 is 0 Å². The Hall–Kier alpha value is -2.04. The number of benzene rings is 1. The highest BCUT2D eigenvalue weighted by Crippen LogP contribution is 2.35. The van der Waals surface area contributed by atoms with Crippen molar-refractivity contribution in [1.82, 2.24) is 9.97 Å². The van der Waals surface area contributed by atoms with E-state index >= 15 is 0 Å². The molecule has 3 heterocycles. The van der Waals surface area contributed by atoms with Crippen molar-refractivity contribution in [2.45, 2.75) is 6.42 Å². The molecular formula is C17H12N2S2. The number of nitrogens with zero attached hydrogens (tertiary/aromatic N) is 2. The highest BCUT2D eigenvalue weighted by Gasteiger charge is 2.10. The van der Waals surface area contributed by atoms with Crippen LogP contribution in [0.15, 0.2) is 59.4 Å². The van der Waals surface area contributed by atoms with Gasteiger partial charge in [0.2, 0.25) is 0 Å². The summed E-state index contributed by atoms with van der Waals surface area (Å²) >= 11 is 3.45. The van der Waals surface area contributed by atoms with E-state index in [1.165, 1.54) is 16.0 Å². The molecule has 1 aromatic carbocycles. The van der Waals surface area contributed by atoms with Gasteiger partial charge in [-0.1, -0.05) is 36.4 Å². The Morgan fingerprint density at radius 3 is 2.67 bits per heavy atom. The number of rotatable bonds is 3. The van der Waals surface area contributed by atoms with Gasteiger partial charge in [0.15, 0.2) is 0 Å². The molecular weight excluding hydrogens is 296 g/mol. The molecule has 0 amide bonds. The third-order valence-electron chi connectivity index (χ3n) is 3.37. The summed E-state index contributed by atoms with van der Waals surface area (Å²) < 4.78 is 0. The van der Waals surface area contributed by atoms with E-state index in [4.69, 9.17) is 4.98 Å². The first-order valence-corrected chi connectivity index (χ1v) is 8.47. The lowest BCUT2D eigenvalue weighted by Gasteiger charge is -2.01. The molecule has 3 aromatic heterocycles. The van der Waals surface area contributed by atoms with E-state index in [0.29, 0.717) is 0 Å². The maximum atomic E-state index is 4.71. The van der Waals surface area contributed by atoms with Gasteiger partial charge >= 0.3 is 0 Å². The van der Waals surface area contributed by atoms with Gasteiger partial charge in [-0.05, 0) is 17.0 Å². The molecule has 0 unspecified atom stereocenters. The molecule has 21 heavy (non-hydrogen) atoms. The summed E-state index contributed by atoms with van der Waals surface area (Å²) in [6.45, 7) is 0. The predicted molar refractivity (Wildman–Crippen MR) is 90.0 cm³/mol. The summed E-state index contributed by atoms with van der Waals surface area (Å²) in [5, 5.41) is 5.43. The monoisotopic (exact) mass is 308 g/mol. The molecule has 0 fully saturated rings. The smallest absolute Gasteiger partial charge is 0.134 e. The minimum absolute atomic E-state index is 0.781. The summed E-state index contributed by atoms with van der Waals surface area (Å²) in [4.78, 5) is 11.6. The second kappa shape index (κ2) is 5.39. The molecule has 4 heteroatoms. The van der Waals surface area contributed by atoms with Gasteiger partial charge in [-0.2, -0.15) is 0 Å². The number of hydrogen-bond donors (Lipinski definition) is 0. The fourth-order valence-electron chi connectivity index (χ4n) is 2.34. The van der Waals surface area contributed by atoms with E-state index in [2.05, 4.69) is 40.0 Å². The number of hydrogen-bond acceptors (Lipinski definition) is 4. The standard InChI is InChI=1S/C17H12N2S2/c1-2-5-12(6-3-1)9-16-18-10-13-14(11-21-17(13)19-16)15-7-4-8-20-15/h1-8,10-11H,9H2. The fraction of sp³-hybridized carbons (Fsp3) is 0.0588. The van der Waals surface area contributed by atoms with E-state index in [0.717, 1.165) is 22.5 Å². The van der Waals surface area contributed by atoms with Crippen molar-refractivity contribution in [3.8, 4) is 10.4 Å². The van der Waals surface area contributed by atoms with Crippen LogP contribution < -0.4 is 0 Å². The second-order valence-corrected chi connectivity index (χ2v) is 6.60. The van der Waals surface area contributed by atoms with Crippen molar-refractivity contribution < 1.29 is 0 Å². The van der Waals surface area contributed by atoms with Gasteiger partial charge in [0.05, 0.1) is 0 Å². The van der Waals surface area contributed by atoms with Crippen LogP contribution in [0, 0.1) is 0 Å². The van der Waals surface area contributed by atoms with Gasteiger partial charge in [-0.25, -0.2) is 9.97 Å². The van der Waals surface area contributed by atoms with Crippen molar-refractivity contribution in [1.29, 1.82) is 0 Å². The summed E-state index contributed by atoms with van der Waals surface area (Å²) in [6, 6.07) is 14.6. The average molecular weight is 308 g/mol. The van der Waals surface area contributed by atoms with E-state index in [9.17, 15) is 0 Å². The van der Waals surface area contributed by atoms with Crippen LogP contribution in [-0.4, -0.2) is 9.97 Å². The first kappa shape index (κ1) is 12.7. The zero-order valence-corrected chi connectivity index (χ0v) is 12.8. The Labute approximate surface area is 130 Å². The molecule has 2 nitrogen and oxygen atoms in total. The Balaban J connectivity index is 1.72. The first-order chi connectivity index (χ1) is 10.4. The third-order valence-corrected chi connectivity index (χ3v) is 5.17. The molecule has 4 rings (SSSR count). The van der Waals surface area contributed by atoms with E-state index < -0.39 is 0 Å². The molecule has 0 bridgehead atoms. The summed E-state index contributed by atoms with van der Waals surface area (Å²) in [7, 11) is 0. The van der Waals surface area contributed by atoms with Gasteiger partial charge in [0.1, 0.15) is 10.7 Å². The zero-order valence-electron chi connectivity index (χ0n) is 11.2. The molecule has 0 aliphatic rings. The molecule has 0 N–H and O–H groups in total. The summed E-state index contributed by atoms with van der Waals surface area (Å²) in [6.07, 6.45) is 2.75. The van der Waals surface area contributed by atoms with Crippen LogP contribution in [0.3, 0.4) is 0 Å². The van der Waals surface area contributed by atoms with Crippen LogP contribution >= 0.6 is 22.7 Å². The molecule has 0 aliphatic heterocycles. The first-order valence-electron chi connectivity index (χ1n) is 6.71. The minimum Gasteiger partial charge on any atom is -0.240 e. The predicted octanol–water partition coefficient (Wildman–Crippen LogP) is 5.01. The van der Waals surface area contributed by atoms with Crippen LogP contribution in [0.5, 0.6) is 0 Å². The maximum Gasteiger partial charge on any atom is 0.134 e. The van der Waals surface area contributed by atoms with Crippen LogP contribution in [-0.2, 0) is 6.42 Å². The highest BCUT2D eigenvalue weighted by molar-refractivity contribution is 7.18. The quantitative estimate of drug-likeness (QED) is 0.531. The van der Waals surface area contributed by atoms with Gasteiger partial charge in [-0.15, -0.1) is 22.7 Å². The number of aromatic nitrogens is 2. The zero-order chi connectivity index (χ0) is 14.1. The van der Waals surface area contributed by atoms with Crippen LogP contribution in [0.1, 0.15) is 11.4 Å². The van der Waals surface area contributed by atoms with Crippen LogP contribution in [0.2, 0.25) is 0 Å². The second-order valence-electron chi connectivity index (χ2n) is 4.79. The molecule has 0 aliphatic carbocycles. The summed E-state index contributed by atoms with van der Waals surface area (Å²) in [5.74, 6) is 0.883. The number of fused-ring (bicyclic) bond motifs is 1. The molecule has 0 saturated carbocycles. The normalized spacial score (nSPS) is 11.0. The largest absolute Gasteiger partial charge is 0.240 e. The Morgan fingerprint density at radius 2 is 1.86 bits per heavy atom. The third kappa shape index (κ3) is 2.48. The molecule has 4 aromatic rings. The minimum atomic E-state index is 0.781. The molecule has 0 saturated heterocycles. The van der Waals surface area contributed by atoms with Gasteiger partial charge in [0.25, 0.3) is 0 Å². The van der Waals surface area contributed by atoms with Crippen molar-refractivity contribution in [2.24, 2.45) is 0 Å². The molecule has 0 spiro atoms. The van der Waals surface area contributed by atoms with Crippen LogP contribution in [0.4, 0.5) is 0 Å². The molecule has 0 radical (unpaired) electrons. The SMILES string of the molecule is c1ccc(Cc2ncc3c(-c4cccs4)csc3n2)cc1. The van der Waals surface area contributed by atoms with Crippen LogP contribution in [0.25, 0.3) is 20.7 Å². The Kier molecular flexibility index (Phi) is 3.25. The fourth-order valence-corrected chi connectivity index (χ4v) is 4.10. The average Bonchev–Trinajstić information content (AvgIpc) is 3.16. The van der Waals surface area contributed by atoms with E-state index in [1.807, 2.05) is 24.4 Å². The lowest BCUT2D eigenvalue weighted by Crippen LogP contribution is -1.95. The molecule has 102 valence electrons. The Bertz CT molecular complexity index is 864. The van der Waals surface area contributed by atoms with Crippen molar-refractivity contribution in [2.75, 3.05) is 0 Å². The maximum absolute atomic E-state index is 4.71. The summed E-state index contributed by atoms with van der Waals surface area (Å²) in [5.41, 5.74) is 2.49. The van der Waals surface area contributed by atoms with Crippen molar-refractivity contribution >= 4 is 32.9 Å². The lowest BCUT2D eigenvalue weighted by atomic mass is 10.1. The Morgan fingerprint density at radius 1 is 0.952 bits per heavy atom. The van der Waals surface area contributed by atoms with Crippen molar-refractivity contribution in [3.63, 3.8) is 0 Å². The lowest BCUT2D eigenvalue weighted by molar-refractivity contribution is 0.997. The number of thiophene rings is 2.